The van der Waals surface area contributed by atoms with Gasteiger partial charge in [0.15, 0.2) is 0 Å². The smallest absolute Gasteiger partial charge is 0.225 e. The van der Waals surface area contributed by atoms with E-state index in [1.54, 1.807) is 0 Å². The maximum Gasteiger partial charge on any atom is 0.225 e. The topological polar surface area (TPSA) is 50.3 Å². The van der Waals surface area contributed by atoms with Crippen LogP contribution in [0.4, 0.5) is 10.3 Å². The van der Waals surface area contributed by atoms with Crippen molar-refractivity contribution in [3.8, 4) is 0 Å². The van der Waals surface area contributed by atoms with E-state index in [0.717, 1.165) is 49.9 Å². The van der Waals surface area contributed by atoms with Crippen molar-refractivity contribution in [3.05, 3.63) is 53.6 Å². The van der Waals surface area contributed by atoms with E-state index >= 15 is 0 Å². The van der Waals surface area contributed by atoms with E-state index in [1.807, 2.05) is 24.5 Å². The molecule has 1 aliphatic rings. The zero-order chi connectivity index (χ0) is 17.7. The summed E-state index contributed by atoms with van der Waals surface area (Å²) in [6.07, 6.45) is 3.74. The Morgan fingerprint density at radius 1 is 1.12 bits per heavy atom. The van der Waals surface area contributed by atoms with Gasteiger partial charge in [-0.1, -0.05) is 26.0 Å². The van der Waals surface area contributed by atoms with Crippen molar-refractivity contribution in [3.63, 3.8) is 0 Å². The van der Waals surface area contributed by atoms with Gasteiger partial charge in [-0.3, -0.25) is 0 Å². The van der Waals surface area contributed by atoms with E-state index in [9.17, 15) is 4.39 Å². The lowest BCUT2D eigenvalue weighted by molar-refractivity contribution is 0.122. The molecule has 134 valence electrons. The summed E-state index contributed by atoms with van der Waals surface area (Å²) >= 11 is 0. The molecule has 0 spiro atoms. The Labute approximate surface area is 148 Å². The molecule has 0 unspecified atom stereocenters. The monoisotopic (exact) mass is 344 g/mol. The summed E-state index contributed by atoms with van der Waals surface area (Å²) in [6, 6.07) is 6.71. The molecule has 0 bridgehead atoms. The van der Waals surface area contributed by atoms with Gasteiger partial charge in [0, 0.05) is 49.6 Å². The molecule has 1 aromatic carbocycles. The van der Waals surface area contributed by atoms with Crippen LogP contribution in [0.25, 0.3) is 0 Å². The van der Waals surface area contributed by atoms with Crippen LogP contribution in [0.5, 0.6) is 0 Å². The Kier molecular flexibility index (Phi) is 5.60. The summed E-state index contributed by atoms with van der Waals surface area (Å²) in [6.45, 7) is 8.90. The van der Waals surface area contributed by atoms with Crippen LogP contribution in [-0.4, -0.2) is 42.8 Å². The molecule has 0 aliphatic carbocycles. The summed E-state index contributed by atoms with van der Waals surface area (Å²) in [5, 5.41) is 3.45. The molecule has 0 saturated carbocycles. The Bertz CT molecular complexity index is 667. The summed E-state index contributed by atoms with van der Waals surface area (Å²) in [5.74, 6) is 0.559. The summed E-state index contributed by atoms with van der Waals surface area (Å²) in [4.78, 5) is 11.1. The molecule has 0 atom stereocenters. The van der Waals surface area contributed by atoms with E-state index in [-0.39, 0.29) is 11.2 Å². The van der Waals surface area contributed by atoms with E-state index in [4.69, 9.17) is 4.74 Å². The van der Waals surface area contributed by atoms with Crippen LogP contribution < -0.4 is 10.2 Å². The van der Waals surface area contributed by atoms with Crippen molar-refractivity contribution in [2.24, 2.45) is 0 Å². The molecule has 6 heteroatoms. The van der Waals surface area contributed by atoms with Crippen LogP contribution in [0.1, 0.15) is 25.0 Å². The number of ether oxygens (including phenoxy) is 1. The second-order valence-electron chi connectivity index (χ2n) is 6.99. The van der Waals surface area contributed by atoms with Gasteiger partial charge < -0.3 is 15.0 Å². The highest BCUT2D eigenvalue weighted by atomic mass is 19.1. The third-order valence-corrected chi connectivity index (χ3v) is 4.51. The molecule has 1 N–H and O–H groups in total. The van der Waals surface area contributed by atoms with Gasteiger partial charge in [0.05, 0.1) is 13.2 Å². The number of aromatic nitrogens is 2. The molecule has 1 fully saturated rings. The maximum atomic E-state index is 13.1. The van der Waals surface area contributed by atoms with E-state index in [0.29, 0.717) is 6.54 Å². The molecule has 1 aromatic heterocycles. The molecule has 3 rings (SSSR count). The van der Waals surface area contributed by atoms with Gasteiger partial charge in [-0.25, -0.2) is 14.4 Å². The summed E-state index contributed by atoms with van der Waals surface area (Å²) < 4.78 is 18.4. The fraction of sp³-hybridized carbons (Fsp3) is 0.474. The number of anilines is 1. The van der Waals surface area contributed by atoms with Gasteiger partial charge in [-0.2, -0.15) is 0 Å². The lowest BCUT2D eigenvalue weighted by atomic mass is 9.84. The largest absolute Gasteiger partial charge is 0.378 e. The number of nitrogens with zero attached hydrogens (tertiary/aromatic N) is 3. The first-order valence-electron chi connectivity index (χ1n) is 8.65. The average molecular weight is 344 g/mol. The van der Waals surface area contributed by atoms with Crippen molar-refractivity contribution in [2.75, 3.05) is 37.7 Å². The molecule has 2 aromatic rings. The molecule has 1 aliphatic heterocycles. The highest BCUT2D eigenvalue weighted by molar-refractivity contribution is 5.30. The minimum Gasteiger partial charge on any atom is -0.378 e. The molecule has 5 nitrogen and oxygen atoms in total. The van der Waals surface area contributed by atoms with Gasteiger partial charge in [0.1, 0.15) is 5.82 Å². The Balaban J connectivity index is 1.52. The van der Waals surface area contributed by atoms with E-state index in [1.165, 1.54) is 12.1 Å². The minimum absolute atomic E-state index is 0.0811. The fourth-order valence-corrected chi connectivity index (χ4v) is 2.89. The number of benzene rings is 1. The number of hydrogen-bond acceptors (Lipinski definition) is 5. The van der Waals surface area contributed by atoms with Gasteiger partial charge in [0.2, 0.25) is 5.95 Å². The van der Waals surface area contributed by atoms with Crippen molar-refractivity contribution < 1.29 is 9.13 Å². The number of morpholine rings is 1. The average Bonchev–Trinajstić information content (AvgIpc) is 2.63. The highest BCUT2D eigenvalue weighted by Gasteiger charge is 2.20. The van der Waals surface area contributed by atoms with Crippen LogP contribution in [0.3, 0.4) is 0 Å². The Hall–Kier alpha value is -2.05. The normalized spacial score (nSPS) is 15.4. The molecule has 1 saturated heterocycles. The van der Waals surface area contributed by atoms with Crippen LogP contribution in [0.2, 0.25) is 0 Å². The summed E-state index contributed by atoms with van der Waals surface area (Å²) in [5.41, 5.74) is 2.08. The first kappa shape index (κ1) is 17.8. The van der Waals surface area contributed by atoms with Gasteiger partial charge in [-0.15, -0.1) is 0 Å². The number of hydrogen-bond donors (Lipinski definition) is 1. The minimum atomic E-state index is -0.204. The molecule has 0 radical (unpaired) electrons. The number of rotatable bonds is 6. The highest BCUT2D eigenvalue weighted by Crippen LogP contribution is 2.22. The lowest BCUT2D eigenvalue weighted by Crippen LogP contribution is -2.37. The fourth-order valence-electron chi connectivity index (χ4n) is 2.89. The molecular formula is C19H25FN4O. The SMILES string of the molecule is CC(C)(CNCc1cnc(N2CCOCC2)nc1)c1ccc(F)cc1. The van der Waals surface area contributed by atoms with Gasteiger partial charge in [-0.05, 0) is 17.7 Å². The second-order valence-corrected chi connectivity index (χ2v) is 6.99. The predicted molar refractivity (Wildman–Crippen MR) is 96.2 cm³/mol. The molecule has 0 amide bonds. The van der Waals surface area contributed by atoms with Crippen molar-refractivity contribution in [1.82, 2.24) is 15.3 Å². The van der Waals surface area contributed by atoms with Crippen molar-refractivity contribution in [1.29, 1.82) is 0 Å². The van der Waals surface area contributed by atoms with Crippen LogP contribution in [-0.2, 0) is 16.7 Å². The molecular weight excluding hydrogens is 319 g/mol. The third-order valence-electron chi connectivity index (χ3n) is 4.51. The van der Waals surface area contributed by atoms with Crippen LogP contribution in [0, 0.1) is 5.82 Å². The molecule has 25 heavy (non-hydrogen) atoms. The Morgan fingerprint density at radius 2 is 1.76 bits per heavy atom. The third kappa shape index (κ3) is 4.74. The summed E-state index contributed by atoms with van der Waals surface area (Å²) in [7, 11) is 0. The van der Waals surface area contributed by atoms with Crippen LogP contribution in [0.15, 0.2) is 36.7 Å². The maximum absolute atomic E-state index is 13.1. The number of nitrogens with one attached hydrogen (secondary N) is 1. The van der Waals surface area contributed by atoms with E-state index < -0.39 is 0 Å². The van der Waals surface area contributed by atoms with Gasteiger partial charge >= 0.3 is 0 Å². The van der Waals surface area contributed by atoms with Crippen LogP contribution >= 0.6 is 0 Å². The zero-order valence-corrected chi connectivity index (χ0v) is 14.8. The predicted octanol–water partition coefficient (Wildman–Crippen LogP) is 2.52. The Morgan fingerprint density at radius 3 is 2.40 bits per heavy atom. The zero-order valence-electron chi connectivity index (χ0n) is 14.8. The first-order valence-corrected chi connectivity index (χ1v) is 8.65. The van der Waals surface area contributed by atoms with Crippen molar-refractivity contribution in [2.45, 2.75) is 25.8 Å². The van der Waals surface area contributed by atoms with E-state index in [2.05, 4.69) is 34.0 Å². The molecule has 2 heterocycles. The second kappa shape index (κ2) is 7.89. The standard InChI is InChI=1S/C19H25FN4O/c1-19(2,16-3-5-17(20)6-4-16)14-21-11-15-12-22-18(23-13-15)24-7-9-25-10-8-24/h3-6,12-13,21H,7-11,14H2,1-2H3. The quantitative estimate of drug-likeness (QED) is 0.873. The number of halogens is 1. The first-order chi connectivity index (χ1) is 12.0. The van der Waals surface area contributed by atoms with Gasteiger partial charge in [0.25, 0.3) is 0 Å². The lowest BCUT2D eigenvalue weighted by Gasteiger charge is -2.27. The van der Waals surface area contributed by atoms with Crippen molar-refractivity contribution >= 4 is 5.95 Å².